The number of hydrogen-bond donors (Lipinski definition) is 2. The number of allylic oxidation sites excluding steroid dienone is 1. The Morgan fingerprint density at radius 1 is 1.43 bits per heavy atom. The molecule has 0 spiro atoms. The van der Waals surface area contributed by atoms with Crippen LogP contribution in [0.4, 0.5) is 0 Å². The van der Waals surface area contributed by atoms with E-state index in [9.17, 15) is 13.2 Å². The number of nitrogens with one attached hydrogen (secondary N) is 2. The molecule has 2 aromatic rings. The highest BCUT2D eigenvalue weighted by Gasteiger charge is 2.60. The second kappa shape index (κ2) is 5.23. The highest BCUT2D eigenvalue weighted by atomic mass is 32.2. The Bertz CT molecular complexity index is 849. The van der Waals surface area contributed by atoms with Crippen molar-refractivity contribution in [3.8, 4) is 0 Å². The van der Waals surface area contributed by atoms with Gasteiger partial charge < -0.3 is 4.98 Å². The molecule has 23 heavy (non-hydrogen) atoms. The zero-order valence-electron chi connectivity index (χ0n) is 13.2. The third kappa shape index (κ3) is 2.47. The summed E-state index contributed by atoms with van der Waals surface area (Å²) in [5.74, 6) is -0.375. The molecule has 122 valence electrons. The summed E-state index contributed by atoms with van der Waals surface area (Å²) in [5.41, 5.74) is 0.0511. The number of hydrogen-bond acceptors (Lipinski definition) is 3. The van der Waals surface area contributed by atoms with Crippen molar-refractivity contribution in [2.45, 2.75) is 25.3 Å². The van der Waals surface area contributed by atoms with Gasteiger partial charge >= 0.3 is 0 Å². The summed E-state index contributed by atoms with van der Waals surface area (Å²) in [7, 11) is -3.92. The van der Waals surface area contributed by atoms with Crippen LogP contribution in [-0.4, -0.2) is 19.3 Å². The van der Waals surface area contributed by atoms with Crippen LogP contribution in [0.2, 0.25) is 0 Å². The molecule has 1 aromatic heterocycles. The number of H-pyrrole nitrogens is 1. The largest absolute Gasteiger partial charge is 0.344 e. The van der Waals surface area contributed by atoms with Gasteiger partial charge in [-0.15, -0.1) is 6.58 Å². The quantitative estimate of drug-likeness (QED) is 0.826. The lowest BCUT2D eigenvalue weighted by Gasteiger charge is -2.20. The monoisotopic (exact) mass is 332 g/mol. The van der Waals surface area contributed by atoms with Gasteiger partial charge in [-0.05, 0) is 30.4 Å². The first-order chi connectivity index (χ1) is 10.8. The number of benzene rings is 1. The number of sulfonamides is 1. The van der Waals surface area contributed by atoms with Crippen molar-refractivity contribution in [3.63, 3.8) is 0 Å². The summed E-state index contributed by atoms with van der Waals surface area (Å²) in [6.07, 6.45) is 2.37. The second-order valence-electron chi connectivity index (χ2n) is 6.40. The molecule has 3 rings (SSSR count). The molecule has 1 aromatic carbocycles. The smallest absolute Gasteiger partial charge is 0.279 e. The van der Waals surface area contributed by atoms with Gasteiger partial charge in [0, 0.05) is 10.9 Å². The Labute approximate surface area is 135 Å². The first kappa shape index (κ1) is 15.8. The molecule has 1 saturated carbocycles. The molecule has 0 unspecified atom stereocenters. The average molecular weight is 332 g/mol. The van der Waals surface area contributed by atoms with Crippen LogP contribution in [0.3, 0.4) is 0 Å². The van der Waals surface area contributed by atoms with Gasteiger partial charge in [0.05, 0.1) is 5.41 Å². The fourth-order valence-electron chi connectivity index (χ4n) is 3.25. The molecule has 1 amide bonds. The van der Waals surface area contributed by atoms with Gasteiger partial charge in [-0.1, -0.05) is 38.1 Å². The Balaban J connectivity index is 1.89. The number of para-hydroxylation sites is 1. The summed E-state index contributed by atoms with van der Waals surface area (Å²) in [4.78, 5) is 15.4. The van der Waals surface area contributed by atoms with Gasteiger partial charge in [0.15, 0.2) is 5.03 Å². The molecular weight excluding hydrogens is 312 g/mol. The van der Waals surface area contributed by atoms with E-state index in [-0.39, 0.29) is 16.9 Å². The summed E-state index contributed by atoms with van der Waals surface area (Å²) >= 11 is 0. The van der Waals surface area contributed by atoms with Crippen molar-refractivity contribution >= 4 is 26.8 Å². The lowest BCUT2D eigenvalue weighted by atomic mass is 9.89. The number of aromatic nitrogens is 1. The van der Waals surface area contributed by atoms with Gasteiger partial charge in [0.25, 0.3) is 10.0 Å². The van der Waals surface area contributed by atoms with E-state index in [1.807, 2.05) is 32.0 Å². The first-order valence-corrected chi connectivity index (χ1v) is 9.07. The van der Waals surface area contributed by atoms with Crippen LogP contribution < -0.4 is 4.72 Å². The maximum absolute atomic E-state index is 12.6. The normalized spacial score (nSPS) is 23.9. The third-order valence-electron chi connectivity index (χ3n) is 4.82. The van der Waals surface area contributed by atoms with Gasteiger partial charge in [0.2, 0.25) is 5.91 Å². The lowest BCUT2D eigenvalue weighted by molar-refractivity contribution is -0.126. The first-order valence-electron chi connectivity index (χ1n) is 7.59. The highest BCUT2D eigenvalue weighted by Crippen LogP contribution is 2.58. The van der Waals surface area contributed by atoms with Crippen LogP contribution in [0, 0.1) is 17.3 Å². The molecule has 2 N–H and O–H groups in total. The van der Waals surface area contributed by atoms with Crippen molar-refractivity contribution in [2.75, 3.05) is 0 Å². The maximum Gasteiger partial charge on any atom is 0.279 e. The number of carbonyl (C=O) groups is 1. The molecular formula is C17H20N2O3S. The Kier molecular flexibility index (Phi) is 3.59. The fraction of sp³-hybridized carbons (Fsp3) is 0.353. The zero-order valence-corrected chi connectivity index (χ0v) is 14.0. The molecule has 0 saturated heterocycles. The maximum atomic E-state index is 12.6. The second-order valence-corrected chi connectivity index (χ2v) is 8.05. The van der Waals surface area contributed by atoms with Crippen LogP contribution in [0.5, 0.6) is 0 Å². The molecule has 5 nitrogen and oxygen atoms in total. The van der Waals surface area contributed by atoms with E-state index in [2.05, 4.69) is 16.3 Å². The summed E-state index contributed by atoms with van der Waals surface area (Å²) in [5, 5.41) is 0.788. The molecule has 1 heterocycles. The predicted octanol–water partition coefficient (Wildman–Crippen LogP) is 2.82. The Morgan fingerprint density at radius 2 is 2.13 bits per heavy atom. The molecule has 1 fully saturated rings. The molecule has 1 aliphatic rings. The van der Waals surface area contributed by atoms with Crippen molar-refractivity contribution in [2.24, 2.45) is 17.3 Å². The Morgan fingerprint density at radius 3 is 2.70 bits per heavy atom. The minimum absolute atomic E-state index is 0.00163. The SMILES string of the molecule is C=C[C@@H]1C[C@@]1(C(=O)NS(=O)(=O)c1cc2ccccc2[nH]1)C(C)C. The van der Waals surface area contributed by atoms with Crippen LogP contribution in [0.1, 0.15) is 20.3 Å². The zero-order chi connectivity index (χ0) is 16.8. The number of carbonyl (C=O) groups excluding carboxylic acids is 1. The van der Waals surface area contributed by atoms with Gasteiger partial charge in [-0.2, -0.15) is 8.42 Å². The van der Waals surface area contributed by atoms with Crippen LogP contribution in [-0.2, 0) is 14.8 Å². The van der Waals surface area contributed by atoms with Gasteiger partial charge in [-0.3, -0.25) is 4.79 Å². The van der Waals surface area contributed by atoms with Crippen LogP contribution in [0.25, 0.3) is 10.9 Å². The standard InChI is InChI=1S/C17H20N2O3S/c1-4-13-10-17(13,11(2)3)16(20)19-23(21,22)15-9-12-7-5-6-8-14(12)18-15/h4-9,11,13,18H,1,10H2,2-3H3,(H,19,20)/t13-,17-/m1/s1. The molecule has 2 atom stereocenters. The van der Waals surface area contributed by atoms with Crippen molar-refractivity contribution in [3.05, 3.63) is 43.0 Å². The fourth-order valence-corrected chi connectivity index (χ4v) is 4.32. The lowest BCUT2D eigenvalue weighted by Crippen LogP contribution is -2.40. The number of fused-ring (bicyclic) bond motifs is 1. The topological polar surface area (TPSA) is 79.0 Å². The van der Waals surface area contributed by atoms with Crippen LogP contribution >= 0.6 is 0 Å². The minimum atomic E-state index is -3.92. The van der Waals surface area contributed by atoms with E-state index in [1.54, 1.807) is 12.1 Å². The summed E-state index contributed by atoms with van der Waals surface area (Å²) in [6.45, 7) is 7.59. The van der Waals surface area contributed by atoms with Crippen molar-refractivity contribution in [1.82, 2.24) is 9.71 Å². The number of amides is 1. The highest BCUT2D eigenvalue weighted by molar-refractivity contribution is 7.90. The van der Waals surface area contributed by atoms with E-state index in [4.69, 9.17) is 0 Å². The van der Waals surface area contributed by atoms with E-state index >= 15 is 0 Å². The summed E-state index contributed by atoms with van der Waals surface area (Å²) < 4.78 is 27.3. The molecule has 6 heteroatoms. The average Bonchev–Trinajstić information content (AvgIpc) is 3.09. The third-order valence-corrected chi connectivity index (χ3v) is 6.07. The van der Waals surface area contributed by atoms with Crippen molar-refractivity contribution < 1.29 is 13.2 Å². The molecule has 1 aliphatic carbocycles. The van der Waals surface area contributed by atoms with E-state index in [0.29, 0.717) is 11.9 Å². The van der Waals surface area contributed by atoms with E-state index < -0.39 is 21.3 Å². The van der Waals surface area contributed by atoms with E-state index in [0.717, 1.165) is 5.39 Å². The van der Waals surface area contributed by atoms with Crippen molar-refractivity contribution in [1.29, 1.82) is 0 Å². The number of rotatable bonds is 5. The van der Waals surface area contributed by atoms with Gasteiger partial charge in [-0.25, -0.2) is 4.72 Å². The van der Waals surface area contributed by atoms with Gasteiger partial charge in [0.1, 0.15) is 0 Å². The van der Waals surface area contributed by atoms with E-state index in [1.165, 1.54) is 6.07 Å². The number of aromatic amines is 1. The minimum Gasteiger partial charge on any atom is -0.344 e. The summed E-state index contributed by atoms with van der Waals surface area (Å²) in [6, 6.07) is 8.79. The predicted molar refractivity (Wildman–Crippen MR) is 89.2 cm³/mol. The molecule has 0 radical (unpaired) electrons. The molecule has 0 bridgehead atoms. The molecule has 0 aliphatic heterocycles. The Hall–Kier alpha value is -2.08. The van der Waals surface area contributed by atoms with Crippen LogP contribution in [0.15, 0.2) is 48.0 Å².